The Morgan fingerprint density at radius 1 is 1.31 bits per heavy atom. The lowest BCUT2D eigenvalue weighted by Gasteiger charge is -1.99. The Hall–Kier alpha value is -2.03. The molecule has 3 heteroatoms. The number of benzene rings is 1. The van der Waals surface area contributed by atoms with E-state index in [1.54, 1.807) is 6.21 Å². The second-order valence-electron chi connectivity index (χ2n) is 3.40. The molecule has 0 aliphatic carbocycles. The first kappa shape index (κ1) is 12.0. The van der Waals surface area contributed by atoms with Gasteiger partial charge in [-0.3, -0.25) is 5.43 Å². The Morgan fingerprint density at radius 3 is 2.56 bits per heavy atom. The fourth-order valence-corrected chi connectivity index (χ4v) is 1.14. The van der Waals surface area contributed by atoms with E-state index >= 15 is 0 Å². The fourth-order valence-electron chi connectivity index (χ4n) is 1.14. The SMILES string of the molecule is C/C=C\C(=C/N)NN=Cc1ccc(C)cc1. The lowest BCUT2D eigenvalue weighted by molar-refractivity contribution is 0.918. The molecule has 3 N–H and O–H groups in total. The molecule has 0 spiro atoms. The predicted molar refractivity (Wildman–Crippen MR) is 69.0 cm³/mol. The van der Waals surface area contributed by atoms with Crippen molar-refractivity contribution >= 4 is 6.21 Å². The van der Waals surface area contributed by atoms with Crippen LogP contribution in [0.4, 0.5) is 0 Å². The summed E-state index contributed by atoms with van der Waals surface area (Å²) in [7, 11) is 0. The van der Waals surface area contributed by atoms with Crippen molar-refractivity contribution in [1.29, 1.82) is 0 Å². The lowest BCUT2D eigenvalue weighted by Crippen LogP contribution is -2.05. The molecular formula is C13H17N3. The molecule has 0 bridgehead atoms. The third-order valence-electron chi connectivity index (χ3n) is 2.01. The summed E-state index contributed by atoms with van der Waals surface area (Å²) < 4.78 is 0. The number of rotatable bonds is 4. The van der Waals surface area contributed by atoms with Crippen molar-refractivity contribution in [2.45, 2.75) is 13.8 Å². The van der Waals surface area contributed by atoms with Gasteiger partial charge in [-0.05, 0) is 25.5 Å². The van der Waals surface area contributed by atoms with Crippen LogP contribution in [0.1, 0.15) is 18.1 Å². The highest BCUT2D eigenvalue weighted by molar-refractivity contribution is 5.79. The first-order valence-corrected chi connectivity index (χ1v) is 5.16. The maximum atomic E-state index is 5.41. The van der Waals surface area contributed by atoms with Gasteiger partial charge in [-0.1, -0.05) is 35.9 Å². The second-order valence-corrected chi connectivity index (χ2v) is 3.40. The molecule has 0 saturated carbocycles. The third-order valence-corrected chi connectivity index (χ3v) is 2.01. The second kappa shape index (κ2) is 6.45. The van der Waals surface area contributed by atoms with Gasteiger partial charge >= 0.3 is 0 Å². The maximum absolute atomic E-state index is 5.41. The molecule has 84 valence electrons. The van der Waals surface area contributed by atoms with Gasteiger partial charge in [0, 0.05) is 6.20 Å². The van der Waals surface area contributed by atoms with E-state index < -0.39 is 0 Å². The van der Waals surface area contributed by atoms with E-state index in [2.05, 4.69) is 17.5 Å². The van der Waals surface area contributed by atoms with Gasteiger partial charge in [-0.25, -0.2) is 0 Å². The molecule has 16 heavy (non-hydrogen) atoms. The highest BCUT2D eigenvalue weighted by Gasteiger charge is 1.88. The molecule has 1 rings (SSSR count). The molecular weight excluding hydrogens is 198 g/mol. The summed E-state index contributed by atoms with van der Waals surface area (Å²) in [6.45, 7) is 3.98. The zero-order chi connectivity index (χ0) is 11.8. The number of nitrogens with two attached hydrogens (primary N) is 1. The van der Waals surface area contributed by atoms with Gasteiger partial charge in [0.15, 0.2) is 0 Å². The molecule has 3 nitrogen and oxygen atoms in total. The van der Waals surface area contributed by atoms with Crippen LogP contribution in [-0.4, -0.2) is 6.21 Å². The molecule has 0 aliphatic rings. The molecule has 0 amide bonds. The van der Waals surface area contributed by atoms with Gasteiger partial charge in [0.05, 0.1) is 11.9 Å². The van der Waals surface area contributed by atoms with Crippen molar-refractivity contribution < 1.29 is 0 Å². The number of hydrogen-bond acceptors (Lipinski definition) is 3. The van der Waals surface area contributed by atoms with Crippen molar-refractivity contribution in [2.24, 2.45) is 10.8 Å². The summed E-state index contributed by atoms with van der Waals surface area (Å²) in [5.74, 6) is 0. The maximum Gasteiger partial charge on any atom is 0.0713 e. The summed E-state index contributed by atoms with van der Waals surface area (Å²) in [5, 5.41) is 4.09. The molecule has 0 saturated heterocycles. The minimum Gasteiger partial charge on any atom is -0.403 e. The Bertz CT molecular complexity index is 400. The summed E-state index contributed by atoms with van der Waals surface area (Å²) in [6, 6.07) is 8.13. The van der Waals surface area contributed by atoms with Crippen molar-refractivity contribution in [1.82, 2.24) is 5.43 Å². The average Bonchev–Trinajstić information content (AvgIpc) is 2.30. The highest BCUT2D eigenvalue weighted by Crippen LogP contribution is 2.00. The fraction of sp³-hybridized carbons (Fsp3) is 0.154. The Kier molecular flexibility index (Phi) is 4.86. The quantitative estimate of drug-likeness (QED) is 0.460. The van der Waals surface area contributed by atoms with Crippen LogP contribution in [-0.2, 0) is 0 Å². The van der Waals surface area contributed by atoms with Gasteiger partial charge in [-0.15, -0.1) is 0 Å². The Morgan fingerprint density at radius 2 is 2.00 bits per heavy atom. The van der Waals surface area contributed by atoms with E-state index in [4.69, 9.17) is 5.73 Å². The summed E-state index contributed by atoms with van der Waals surface area (Å²) >= 11 is 0. The van der Waals surface area contributed by atoms with Crippen LogP contribution < -0.4 is 11.2 Å². The van der Waals surface area contributed by atoms with Crippen molar-refractivity contribution in [3.8, 4) is 0 Å². The molecule has 0 radical (unpaired) electrons. The van der Waals surface area contributed by atoms with Gasteiger partial charge in [0.1, 0.15) is 0 Å². The number of hydrazone groups is 1. The van der Waals surface area contributed by atoms with Crippen molar-refractivity contribution in [3.05, 3.63) is 59.4 Å². The molecule has 0 aromatic heterocycles. The minimum absolute atomic E-state index is 0.769. The number of allylic oxidation sites excluding steroid dienone is 2. The average molecular weight is 215 g/mol. The molecule has 0 unspecified atom stereocenters. The normalized spacial score (nSPS) is 12.5. The van der Waals surface area contributed by atoms with E-state index in [9.17, 15) is 0 Å². The lowest BCUT2D eigenvalue weighted by atomic mass is 10.2. The van der Waals surface area contributed by atoms with Gasteiger partial charge in [0.25, 0.3) is 0 Å². The molecule has 0 aliphatic heterocycles. The van der Waals surface area contributed by atoms with Gasteiger partial charge < -0.3 is 5.73 Å². The zero-order valence-corrected chi connectivity index (χ0v) is 9.64. The van der Waals surface area contributed by atoms with E-state index in [0.29, 0.717) is 0 Å². The molecule has 1 aromatic rings. The number of hydrogen-bond donors (Lipinski definition) is 2. The zero-order valence-electron chi connectivity index (χ0n) is 9.64. The first-order chi connectivity index (χ1) is 7.76. The molecule has 1 aromatic carbocycles. The van der Waals surface area contributed by atoms with Crippen LogP contribution >= 0.6 is 0 Å². The smallest absolute Gasteiger partial charge is 0.0713 e. The predicted octanol–water partition coefficient (Wildman–Crippen LogP) is 2.29. The van der Waals surface area contributed by atoms with Crippen LogP contribution in [0.25, 0.3) is 0 Å². The Labute approximate surface area is 96.4 Å². The largest absolute Gasteiger partial charge is 0.403 e. The first-order valence-electron chi connectivity index (χ1n) is 5.16. The van der Waals surface area contributed by atoms with Crippen LogP contribution in [0.3, 0.4) is 0 Å². The van der Waals surface area contributed by atoms with E-state index in [1.165, 1.54) is 11.8 Å². The number of aryl methyl sites for hydroxylation is 1. The highest BCUT2D eigenvalue weighted by atomic mass is 15.3. The van der Waals surface area contributed by atoms with Crippen LogP contribution in [0, 0.1) is 6.92 Å². The minimum atomic E-state index is 0.769. The van der Waals surface area contributed by atoms with Crippen LogP contribution in [0.2, 0.25) is 0 Å². The van der Waals surface area contributed by atoms with Crippen molar-refractivity contribution in [2.75, 3.05) is 0 Å². The third kappa shape index (κ3) is 4.00. The number of nitrogens with zero attached hydrogens (tertiary/aromatic N) is 1. The van der Waals surface area contributed by atoms with E-state index in [1.807, 2.05) is 43.3 Å². The van der Waals surface area contributed by atoms with Gasteiger partial charge in [-0.2, -0.15) is 5.10 Å². The van der Waals surface area contributed by atoms with E-state index in [0.717, 1.165) is 11.3 Å². The van der Waals surface area contributed by atoms with Gasteiger partial charge in [0.2, 0.25) is 0 Å². The monoisotopic (exact) mass is 215 g/mol. The summed E-state index contributed by atoms with van der Waals surface area (Å²) in [6.07, 6.45) is 6.98. The summed E-state index contributed by atoms with van der Waals surface area (Å²) in [5.41, 5.74) is 11.3. The van der Waals surface area contributed by atoms with Crippen LogP contribution in [0.5, 0.6) is 0 Å². The molecule has 0 fully saturated rings. The molecule has 0 heterocycles. The van der Waals surface area contributed by atoms with E-state index in [-0.39, 0.29) is 0 Å². The van der Waals surface area contributed by atoms with Crippen molar-refractivity contribution in [3.63, 3.8) is 0 Å². The topological polar surface area (TPSA) is 50.4 Å². The number of nitrogens with one attached hydrogen (secondary N) is 1. The summed E-state index contributed by atoms with van der Waals surface area (Å²) in [4.78, 5) is 0. The van der Waals surface area contributed by atoms with Crippen LogP contribution in [0.15, 0.2) is 53.4 Å². The Balaban J connectivity index is 2.58. The molecule has 0 atom stereocenters. The standard InChI is InChI=1S/C13H17N3/c1-3-4-13(9-14)16-15-10-12-7-5-11(2)6-8-12/h3-10,16H,14H2,1-2H3/b4-3-,13-9+,15-10?.